The first kappa shape index (κ1) is 66.7. The largest absolute Gasteiger partial charge is 0.472 e. The third-order valence-electron chi connectivity index (χ3n) is 13.3. The van der Waals surface area contributed by atoms with Gasteiger partial charge in [0.15, 0.2) is 0 Å². The number of amides is 1. The van der Waals surface area contributed by atoms with E-state index in [1.807, 2.05) is 27.2 Å². The summed E-state index contributed by atoms with van der Waals surface area (Å²) in [6, 6.07) is -0.866. The van der Waals surface area contributed by atoms with Crippen LogP contribution in [0, 0.1) is 0 Å². The van der Waals surface area contributed by atoms with Crippen LogP contribution in [0.25, 0.3) is 0 Å². The van der Waals surface area contributed by atoms with Crippen LogP contribution in [0.3, 0.4) is 0 Å². The summed E-state index contributed by atoms with van der Waals surface area (Å²) in [5.41, 5.74) is 0. The van der Waals surface area contributed by atoms with Gasteiger partial charge in [0.1, 0.15) is 13.2 Å². The van der Waals surface area contributed by atoms with Gasteiger partial charge >= 0.3 is 7.82 Å². The number of hydrogen-bond acceptors (Lipinski definition) is 5. The minimum atomic E-state index is -4.35. The minimum Gasteiger partial charge on any atom is -0.387 e. The summed E-state index contributed by atoms with van der Waals surface area (Å²) >= 11 is 0. The molecule has 0 spiro atoms. The molecular weight excluding hydrogens is 864 g/mol. The highest BCUT2D eigenvalue weighted by Crippen LogP contribution is 2.43. The van der Waals surface area contributed by atoms with E-state index in [0.29, 0.717) is 17.4 Å². The third kappa shape index (κ3) is 52.5. The second-order valence-electron chi connectivity index (χ2n) is 21.4. The number of nitrogens with zero attached hydrogens (tertiary/aromatic N) is 1. The smallest absolute Gasteiger partial charge is 0.387 e. The van der Waals surface area contributed by atoms with E-state index in [4.69, 9.17) is 9.05 Å². The van der Waals surface area contributed by atoms with Crippen LogP contribution in [-0.2, 0) is 18.4 Å². The second kappa shape index (κ2) is 50.7. The molecule has 1 amide bonds. The molecule has 0 aromatic heterocycles. The highest BCUT2D eigenvalue weighted by molar-refractivity contribution is 7.47. The standard InChI is InChI=1S/C59H115N2O6P/c1-6-8-10-12-14-16-18-20-21-22-23-24-25-26-27-28-29-30-31-32-33-34-35-36-37-38-39-40-41-43-45-47-49-51-53-59(63)60-57(56-67-68(64,65)66-55-54-61(3,4)5)58(62)52-50-48-46-44-42-19-17-15-13-11-9-7-2/h13,15,42,44,50,52,57-58,62H,6-12,14,16-41,43,45-49,51,53-56H2,1-5H3,(H-,60,63,64,65)/p+1/b15-13+,44-42+,52-50+. The van der Waals surface area contributed by atoms with Crippen LogP contribution in [0.1, 0.15) is 284 Å². The van der Waals surface area contributed by atoms with Crippen molar-refractivity contribution in [2.24, 2.45) is 0 Å². The number of aliphatic hydroxyl groups excluding tert-OH is 1. The van der Waals surface area contributed by atoms with E-state index in [1.54, 1.807) is 6.08 Å². The number of allylic oxidation sites excluding steroid dienone is 5. The Kier molecular flexibility index (Phi) is 49.7. The summed E-state index contributed by atoms with van der Waals surface area (Å²) in [7, 11) is 1.55. The molecule has 3 N–H and O–H groups in total. The molecule has 0 aliphatic rings. The van der Waals surface area contributed by atoms with Crippen LogP contribution in [0.2, 0.25) is 0 Å². The normalized spacial score (nSPS) is 14.2. The highest BCUT2D eigenvalue weighted by atomic mass is 31.2. The van der Waals surface area contributed by atoms with Crippen molar-refractivity contribution in [3.05, 3.63) is 36.5 Å². The number of likely N-dealkylation sites (N-methyl/N-ethyl adjacent to an activating group) is 1. The van der Waals surface area contributed by atoms with Gasteiger partial charge in [0, 0.05) is 6.42 Å². The van der Waals surface area contributed by atoms with Crippen LogP contribution < -0.4 is 5.32 Å². The van der Waals surface area contributed by atoms with Gasteiger partial charge in [-0.2, -0.15) is 0 Å². The number of carbonyl (C=O) groups excluding carboxylic acids is 1. The summed E-state index contributed by atoms with van der Waals surface area (Å²) in [4.78, 5) is 23.2. The number of carbonyl (C=O) groups is 1. The van der Waals surface area contributed by atoms with Crippen molar-refractivity contribution in [2.75, 3.05) is 40.9 Å². The molecular formula is C59H116N2O6P+. The van der Waals surface area contributed by atoms with E-state index in [2.05, 4.69) is 43.5 Å². The number of phosphoric ester groups is 1. The Morgan fingerprint density at radius 2 is 0.809 bits per heavy atom. The van der Waals surface area contributed by atoms with Crippen molar-refractivity contribution in [1.82, 2.24) is 5.32 Å². The van der Waals surface area contributed by atoms with Gasteiger partial charge in [0.05, 0.1) is 39.9 Å². The highest BCUT2D eigenvalue weighted by Gasteiger charge is 2.27. The van der Waals surface area contributed by atoms with Gasteiger partial charge < -0.3 is 19.8 Å². The molecule has 402 valence electrons. The lowest BCUT2D eigenvalue weighted by molar-refractivity contribution is -0.870. The fourth-order valence-electron chi connectivity index (χ4n) is 8.71. The van der Waals surface area contributed by atoms with Crippen LogP contribution in [0.5, 0.6) is 0 Å². The zero-order valence-corrected chi connectivity index (χ0v) is 46.8. The molecule has 0 aromatic rings. The number of unbranched alkanes of at least 4 members (excludes halogenated alkanes) is 37. The van der Waals surface area contributed by atoms with Gasteiger partial charge in [-0.15, -0.1) is 0 Å². The van der Waals surface area contributed by atoms with Gasteiger partial charge in [-0.1, -0.05) is 275 Å². The Balaban J connectivity index is 3.94. The van der Waals surface area contributed by atoms with Gasteiger partial charge in [-0.3, -0.25) is 13.8 Å². The van der Waals surface area contributed by atoms with Crippen molar-refractivity contribution in [1.29, 1.82) is 0 Å². The number of nitrogens with one attached hydrogen (secondary N) is 1. The van der Waals surface area contributed by atoms with E-state index in [9.17, 15) is 19.4 Å². The molecule has 0 fully saturated rings. The predicted octanol–water partition coefficient (Wildman–Crippen LogP) is 17.8. The average molecular weight is 981 g/mol. The molecule has 0 radical (unpaired) electrons. The fourth-order valence-corrected chi connectivity index (χ4v) is 9.45. The average Bonchev–Trinajstić information content (AvgIpc) is 3.30. The molecule has 0 bridgehead atoms. The molecule has 68 heavy (non-hydrogen) atoms. The van der Waals surface area contributed by atoms with Gasteiger partial charge in [-0.05, 0) is 38.5 Å². The van der Waals surface area contributed by atoms with Crippen LogP contribution in [0.15, 0.2) is 36.5 Å². The van der Waals surface area contributed by atoms with Crippen molar-refractivity contribution in [2.45, 2.75) is 296 Å². The van der Waals surface area contributed by atoms with E-state index in [-0.39, 0.29) is 19.1 Å². The Labute approximate surface area is 423 Å². The SMILES string of the molecule is CCCC/C=C/CC/C=C/CC/C=C/C(O)C(COP(=O)(O)OCC[N+](C)(C)C)NC(=O)CCCCCCCCCCCCCCCCCCCCCCCCCCCCCCCCCCCC. The Morgan fingerprint density at radius 1 is 0.485 bits per heavy atom. The monoisotopic (exact) mass is 980 g/mol. The van der Waals surface area contributed by atoms with Crippen molar-refractivity contribution in [3.63, 3.8) is 0 Å². The quantitative estimate of drug-likeness (QED) is 0.0243. The zero-order valence-electron chi connectivity index (χ0n) is 45.9. The summed E-state index contributed by atoms with van der Waals surface area (Å²) in [5, 5.41) is 13.8. The van der Waals surface area contributed by atoms with Crippen molar-refractivity contribution in [3.8, 4) is 0 Å². The number of aliphatic hydroxyl groups is 1. The van der Waals surface area contributed by atoms with Gasteiger partial charge in [0.2, 0.25) is 5.91 Å². The molecule has 0 saturated carbocycles. The summed E-state index contributed by atoms with van der Waals surface area (Å²) in [6.07, 6.45) is 65.7. The number of hydrogen-bond donors (Lipinski definition) is 3. The molecule has 9 heteroatoms. The molecule has 0 heterocycles. The van der Waals surface area contributed by atoms with Crippen LogP contribution in [0.4, 0.5) is 0 Å². The lowest BCUT2D eigenvalue weighted by Crippen LogP contribution is -2.45. The van der Waals surface area contributed by atoms with Crippen LogP contribution >= 0.6 is 7.82 Å². The molecule has 0 rings (SSSR count). The lowest BCUT2D eigenvalue weighted by Gasteiger charge is -2.25. The molecule has 0 aliphatic carbocycles. The Morgan fingerprint density at radius 3 is 1.16 bits per heavy atom. The molecule has 8 nitrogen and oxygen atoms in total. The van der Waals surface area contributed by atoms with E-state index in [0.717, 1.165) is 51.4 Å². The van der Waals surface area contributed by atoms with Gasteiger partial charge in [0.25, 0.3) is 0 Å². The van der Waals surface area contributed by atoms with Gasteiger partial charge in [-0.25, -0.2) is 4.57 Å². The Bertz CT molecular complexity index is 1200. The molecule has 0 aromatic carbocycles. The lowest BCUT2D eigenvalue weighted by atomic mass is 10.0. The van der Waals surface area contributed by atoms with E-state index in [1.165, 1.54) is 212 Å². The molecule has 3 atom stereocenters. The van der Waals surface area contributed by atoms with Crippen molar-refractivity contribution >= 4 is 13.7 Å². The predicted molar refractivity (Wildman–Crippen MR) is 295 cm³/mol. The van der Waals surface area contributed by atoms with Crippen molar-refractivity contribution < 1.29 is 32.9 Å². The Hall–Kier alpha value is -1.28. The number of phosphoric acid groups is 1. The minimum absolute atomic E-state index is 0.0547. The molecule has 0 aliphatic heterocycles. The maximum absolute atomic E-state index is 12.9. The first-order valence-corrected chi connectivity index (χ1v) is 30.9. The number of quaternary nitrogens is 1. The maximum Gasteiger partial charge on any atom is 0.472 e. The van der Waals surface area contributed by atoms with Crippen LogP contribution in [-0.4, -0.2) is 73.4 Å². The number of rotatable bonds is 54. The van der Waals surface area contributed by atoms with E-state index >= 15 is 0 Å². The molecule has 0 saturated heterocycles. The summed E-state index contributed by atoms with van der Waals surface area (Å²) in [6.45, 7) is 4.76. The zero-order chi connectivity index (χ0) is 49.9. The topological polar surface area (TPSA) is 105 Å². The second-order valence-corrected chi connectivity index (χ2v) is 22.8. The maximum atomic E-state index is 12.9. The third-order valence-corrected chi connectivity index (χ3v) is 14.3. The first-order chi connectivity index (χ1) is 33.0. The molecule has 3 unspecified atom stereocenters. The summed E-state index contributed by atoms with van der Waals surface area (Å²) < 4.78 is 23.6. The fraction of sp³-hybridized carbons (Fsp3) is 0.881. The first-order valence-electron chi connectivity index (χ1n) is 29.4. The summed E-state index contributed by atoms with van der Waals surface area (Å²) in [5.74, 6) is -0.188. The van der Waals surface area contributed by atoms with E-state index < -0.39 is 20.0 Å².